The first-order valence-electron chi connectivity index (χ1n) is 15.9. The molecular weight excluding hydrogens is 586 g/mol. The molecule has 0 aromatic carbocycles. The number of nitrogens with one attached hydrogen (secondary N) is 1. The Morgan fingerprint density at radius 1 is 0.810 bits per heavy atom. The van der Waals surface area contributed by atoms with Crippen molar-refractivity contribution < 1.29 is 13.8 Å². The average molecular weight is 646 g/mol. The fourth-order valence-electron chi connectivity index (χ4n) is 4.84. The largest absolute Gasteiger partial charge is 0.363 e. The molecule has 1 heterocycles. The van der Waals surface area contributed by atoms with Crippen molar-refractivity contribution in [1.29, 1.82) is 0 Å². The van der Waals surface area contributed by atoms with E-state index in [9.17, 15) is 4.57 Å². The predicted molar refractivity (Wildman–Crippen MR) is 185 cm³/mol. The van der Waals surface area contributed by atoms with Crippen LogP contribution in [0.5, 0.6) is 0 Å². The molecule has 1 fully saturated rings. The Morgan fingerprint density at radius 3 is 1.86 bits per heavy atom. The van der Waals surface area contributed by atoms with Gasteiger partial charge in [-0.3, -0.25) is 4.57 Å². The molecule has 242 valence electrons. The SMILES string of the molecule is CC(C)=CCC/C(C)=C/CC/C(C)=C/CC/C=C(\C)CC/C=C(\C)CCCOC1CCOP(=O)(NCCCl)N1CCCl. The van der Waals surface area contributed by atoms with Gasteiger partial charge in [-0.25, -0.2) is 5.09 Å². The first-order valence-corrected chi connectivity index (χ1v) is 18.5. The van der Waals surface area contributed by atoms with Gasteiger partial charge >= 0.3 is 7.67 Å². The van der Waals surface area contributed by atoms with Gasteiger partial charge in [0.2, 0.25) is 0 Å². The van der Waals surface area contributed by atoms with E-state index in [2.05, 4.69) is 77.0 Å². The Hall–Kier alpha value is -0.650. The third kappa shape index (κ3) is 18.2. The van der Waals surface area contributed by atoms with Crippen molar-refractivity contribution in [2.75, 3.05) is 38.1 Å². The van der Waals surface area contributed by atoms with Crippen molar-refractivity contribution in [1.82, 2.24) is 9.76 Å². The van der Waals surface area contributed by atoms with Crippen LogP contribution in [0.15, 0.2) is 58.2 Å². The zero-order valence-electron chi connectivity index (χ0n) is 27.4. The van der Waals surface area contributed by atoms with Crippen LogP contribution in [0.4, 0.5) is 0 Å². The van der Waals surface area contributed by atoms with Crippen LogP contribution in [-0.2, 0) is 13.8 Å². The molecule has 2 unspecified atom stereocenters. The number of hydrogen-bond acceptors (Lipinski definition) is 3. The smallest absolute Gasteiger partial charge is 0.345 e. The summed E-state index contributed by atoms with van der Waals surface area (Å²) in [5, 5.41) is 2.96. The van der Waals surface area contributed by atoms with Gasteiger partial charge < -0.3 is 9.26 Å². The standard InChI is InChI=1S/C34H59Cl2N2O3P/c1-29(2)13-9-16-32(5)19-10-17-30(3)14-7-8-15-31(4)18-11-20-33(6)21-12-27-40-34-22-28-41-42(39,37-25-23-35)38(34)26-24-36/h13-15,19-20,34H,7-12,16-18,21-28H2,1-6H3,(H,37,39)/b30-14+,31-15+,32-19+,33-20+. The molecule has 1 N–H and O–H groups in total. The first-order chi connectivity index (χ1) is 20.1. The fourth-order valence-corrected chi connectivity index (χ4v) is 7.42. The summed E-state index contributed by atoms with van der Waals surface area (Å²) >= 11 is 11.8. The van der Waals surface area contributed by atoms with Crippen molar-refractivity contribution in [3.8, 4) is 0 Å². The molecule has 0 bridgehead atoms. The maximum atomic E-state index is 13.2. The van der Waals surface area contributed by atoms with Crippen molar-refractivity contribution in [2.45, 2.75) is 118 Å². The van der Waals surface area contributed by atoms with Gasteiger partial charge in [-0.2, -0.15) is 4.67 Å². The van der Waals surface area contributed by atoms with Crippen LogP contribution in [-0.4, -0.2) is 49.0 Å². The summed E-state index contributed by atoms with van der Waals surface area (Å²) < 4.78 is 26.7. The topological polar surface area (TPSA) is 50.8 Å². The highest BCUT2D eigenvalue weighted by Crippen LogP contribution is 2.51. The lowest BCUT2D eigenvalue weighted by Crippen LogP contribution is -2.45. The monoisotopic (exact) mass is 644 g/mol. The van der Waals surface area contributed by atoms with Crippen LogP contribution < -0.4 is 5.09 Å². The van der Waals surface area contributed by atoms with Crippen molar-refractivity contribution in [2.24, 2.45) is 0 Å². The molecule has 1 aliphatic rings. The van der Waals surface area contributed by atoms with E-state index in [1.807, 2.05) is 0 Å². The van der Waals surface area contributed by atoms with Gasteiger partial charge in [0.05, 0.1) is 6.61 Å². The summed E-state index contributed by atoms with van der Waals surface area (Å²) in [5.41, 5.74) is 7.27. The van der Waals surface area contributed by atoms with E-state index < -0.39 is 7.67 Å². The van der Waals surface area contributed by atoms with Crippen LogP contribution in [0.3, 0.4) is 0 Å². The molecule has 0 amide bonds. The van der Waals surface area contributed by atoms with E-state index >= 15 is 0 Å². The number of allylic oxidation sites excluding steroid dienone is 10. The summed E-state index contributed by atoms with van der Waals surface area (Å²) in [4.78, 5) is 0. The summed E-state index contributed by atoms with van der Waals surface area (Å²) in [7, 11) is -3.17. The summed E-state index contributed by atoms with van der Waals surface area (Å²) in [6.07, 6.45) is 23.3. The van der Waals surface area contributed by atoms with Gasteiger partial charge in [0.15, 0.2) is 0 Å². The Morgan fingerprint density at radius 2 is 1.33 bits per heavy atom. The fraction of sp³-hybridized carbons (Fsp3) is 0.706. The van der Waals surface area contributed by atoms with Gasteiger partial charge in [0, 0.05) is 37.9 Å². The van der Waals surface area contributed by atoms with E-state index in [1.54, 1.807) is 4.67 Å². The van der Waals surface area contributed by atoms with E-state index in [4.69, 9.17) is 32.5 Å². The highest BCUT2D eigenvalue weighted by Gasteiger charge is 2.40. The number of halogens is 2. The molecule has 2 atom stereocenters. The summed E-state index contributed by atoms with van der Waals surface area (Å²) in [5.74, 6) is 0.721. The molecule has 0 aromatic rings. The number of rotatable bonds is 22. The molecule has 1 aliphatic heterocycles. The molecule has 0 saturated carbocycles. The predicted octanol–water partition coefficient (Wildman–Crippen LogP) is 10.9. The van der Waals surface area contributed by atoms with Crippen LogP contribution in [0.1, 0.15) is 112 Å². The van der Waals surface area contributed by atoms with Gasteiger partial charge in [0.1, 0.15) is 6.23 Å². The summed E-state index contributed by atoms with van der Waals surface area (Å²) in [6, 6.07) is 0. The number of nitrogens with zero attached hydrogens (tertiary/aromatic N) is 1. The molecule has 42 heavy (non-hydrogen) atoms. The lowest BCUT2D eigenvalue weighted by atomic mass is 10.0. The lowest BCUT2D eigenvalue weighted by Gasteiger charge is -2.40. The van der Waals surface area contributed by atoms with E-state index in [-0.39, 0.29) is 6.23 Å². The lowest BCUT2D eigenvalue weighted by molar-refractivity contribution is -0.0541. The van der Waals surface area contributed by atoms with E-state index in [0.29, 0.717) is 44.5 Å². The van der Waals surface area contributed by atoms with Gasteiger partial charge in [-0.15, -0.1) is 23.2 Å². The maximum absolute atomic E-state index is 13.2. The Kier molecular flexibility index (Phi) is 22.2. The molecule has 5 nitrogen and oxygen atoms in total. The molecule has 0 radical (unpaired) electrons. The quantitative estimate of drug-likeness (QED) is 0.0550. The maximum Gasteiger partial charge on any atom is 0.345 e. The van der Waals surface area contributed by atoms with E-state index in [0.717, 1.165) is 57.8 Å². The third-order valence-electron chi connectivity index (χ3n) is 7.35. The van der Waals surface area contributed by atoms with E-state index in [1.165, 1.54) is 34.3 Å². The Bertz CT molecular complexity index is 954. The Labute approximate surface area is 268 Å². The highest BCUT2D eigenvalue weighted by atomic mass is 35.5. The van der Waals surface area contributed by atoms with Crippen molar-refractivity contribution in [3.05, 3.63) is 58.2 Å². The molecule has 0 aliphatic carbocycles. The van der Waals surface area contributed by atoms with Gasteiger partial charge in [-0.05, 0) is 106 Å². The van der Waals surface area contributed by atoms with Crippen LogP contribution in [0, 0.1) is 0 Å². The minimum Gasteiger partial charge on any atom is -0.363 e. The molecule has 1 rings (SSSR count). The second kappa shape index (κ2) is 23.7. The zero-order chi connectivity index (χ0) is 31.2. The highest BCUT2D eigenvalue weighted by molar-refractivity contribution is 7.54. The molecular formula is C34H59Cl2N2O3P. The third-order valence-corrected chi connectivity index (χ3v) is 10.0. The van der Waals surface area contributed by atoms with Crippen molar-refractivity contribution in [3.63, 3.8) is 0 Å². The molecule has 8 heteroatoms. The number of alkyl halides is 2. The molecule has 0 aromatic heterocycles. The molecule has 0 spiro atoms. The number of unbranched alkanes of at least 4 members (excludes halogenated alkanes) is 1. The average Bonchev–Trinajstić information content (AvgIpc) is 2.94. The van der Waals surface area contributed by atoms with Crippen LogP contribution >= 0.6 is 30.9 Å². The van der Waals surface area contributed by atoms with Crippen LogP contribution in [0.25, 0.3) is 0 Å². The normalized spacial score (nSPS) is 21.2. The minimum absolute atomic E-state index is 0.259. The molecule has 1 saturated heterocycles. The number of ether oxygens (including phenoxy) is 1. The minimum atomic E-state index is -3.17. The van der Waals surface area contributed by atoms with Gasteiger partial charge in [0.25, 0.3) is 0 Å². The second-order valence-corrected chi connectivity index (χ2v) is 14.6. The summed E-state index contributed by atoms with van der Waals surface area (Å²) in [6.45, 7) is 15.2. The van der Waals surface area contributed by atoms with Gasteiger partial charge in [-0.1, -0.05) is 58.2 Å². The Balaban J connectivity index is 2.29. The number of hydrogen-bond donors (Lipinski definition) is 1. The zero-order valence-corrected chi connectivity index (χ0v) is 29.8. The first kappa shape index (κ1) is 39.4. The van der Waals surface area contributed by atoms with Crippen LogP contribution in [0.2, 0.25) is 0 Å². The van der Waals surface area contributed by atoms with Crippen molar-refractivity contribution >= 4 is 30.9 Å². The second-order valence-electron chi connectivity index (χ2n) is 11.7.